The van der Waals surface area contributed by atoms with Crippen molar-refractivity contribution in [1.82, 2.24) is 5.32 Å². The molecule has 18 heavy (non-hydrogen) atoms. The fraction of sp³-hybridized carbons (Fsp3) is 1.00. The molecule has 104 valence electrons. The summed E-state index contributed by atoms with van der Waals surface area (Å²) < 4.78 is 6.38. The molecule has 2 unspecified atom stereocenters. The zero-order valence-electron chi connectivity index (χ0n) is 12.1. The van der Waals surface area contributed by atoms with Crippen LogP contribution in [0.25, 0.3) is 0 Å². The van der Waals surface area contributed by atoms with E-state index in [1.165, 1.54) is 57.8 Å². The van der Waals surface area contributed by atoms with E-state index in [0.29, 0.717) is 23.2 Å². The maximum Gasteiger partial charge on any atom is 0.0708 e. The first-order chi connectivity index (χ1) is 8.60. The van der Waals surface area contributed by atoms with E-state index in [1.54, 1.807) is 0 Å². The molecule has 1 heterocycles. The van der Waals surface area contributed by atoms with Gasteiger partial charge in [-0.1, -0.05) is 33.1 Å². The summed E-state index contributed by atoms with van der Waals surface area (Å²) in [6.07, 6.45) is 12.6. The second kappa shape index (κ2) is 4.79. The summed E-state index contributed by atoms with van der Waals surface area (Å²) in [4.78, 5) is 0. The average Bonchev–Trinajstić information content (AvgIpc) is 3.00. The first kappa shape index (κ1) is 12.9. The van der Waals surface area contributed by atoms with Crippen molar-refractivity contribution in [3.63, 3.8) is 0 Å². The second-order valence-electron chi connectivity index (χ2n) is 7.51. The van der Waals surface area contributed by atoms with E-state index in [1.807, 2.05) is 0 Å². The van der Waals surface area contributed by atoms with Crippen LogP contribution >= 0.6 is 0 Å². The molecular weight excluding hydrogens is 222 g/mol. The molecule has 1 N–H and O–H groups in total. The van der Waals surface area contributed by atoms with Crippen molar-refractivity contribution in [1.29, 1.82) is 0 Å². The van der Waals surface area contributed by atoms with Gasteiger partial charge in [-0.15, -0.1) is 0 Å². The van der Waals surface area contributed by atoms with Crippen LogP contribution in [-0.2, 0) is 4.74 Å². The monoisotopic (exact) mass is 251 g/mol. The number of hydrogen-bond acceptors (Lipinski definition) is 2. The fourth-order valence-electron chi connectivity index (χ4n) is 4.41. The van der Waals surface area contributed by atoms with Crippen LogP contribution in [0.15, 0.2) is 0 Å². The summed E-state index contributed by atoms with van der Waals surface area (Å²) in [5.41, 5.74) is 0.793. The van der Waals surface area contributed by atoms with Gasteiger partial charge in [0.1, 0.15) is 0 Å². The molecule has 1 aliphatic heterocycles. The van der Waals surface area contributed by atoms with Gasteiger partial charge in [0, 0.05) is 12.6 Å². The molecule has 2 nitrogen and oxygen atoms in total. The Bertz CT molecular complexity index is 293. The Labute approximate surface area is 112 Å². The van der Waals surface area contributed by atoms with E-state index in [-0.39, 0.29) is 0 Å². The van der Waals surface area contributed by atoms with Crippen LogP contribution < -0.4 is 5.32 Å². The summed E-state index contributed by atoms with van der Waals surface area (Å²) in [5.74, 6) is 0. The summed E-state index contributed by atoms with van der Waals surface area (Å²) >= 11 is 0. The second-order valence-corrected chi connectivity index (χ2v) is 7.51. The highest BCUT2D eigenvalue weighted by Gasteiger charge is 2.42. The molecule has 2 heteroatoms. The highest BCUT2D eigenvalue weighted by Crippen LogP contribution is 2.43. The predicted octanol–water partition coefficient (Wildman–Crippen LogP) is 3.65. The summed E-state index contributed by atoms with van der Waals surface area (Å²) in [7, 11) is 0. The van der Waals surface area contributed by atoms with Gasteiger partial charge in [0.05, 0.1) is 11.7 Å². The van der Waals surface area contributed by atoms with Gasteiger partial charge in [-0.3, -0.25) is 0 Å². The Kier molecular flexibility index (Phi) is 3.44. The molecule has 0 aromatic carbocycles. The van der Waals surface area contributed by atoms with Crippen LogP contribution in [0.1, 0.15) is 71.6 Å². The third kappa shape index (κ3) is 2.46. The molecule has 2 atom stereocenters. The maximum atomic E-state index is 6.38. The maximum absolute atomic E-state index is 6.38. The zero-order chi connectivity index (χ0) is 12.6. The van der Waals surface area contributed by atoms with Gasteiger partial charge in [-0.25, -0.2) is 0 Å². The largest absolute Gasteiger partial charge is 0.370 e. The summed E-state index contributed by atoms with van der Waals surface area (Å²) in [6.45, 7) is 5.90. The molecule has 0 aromatic heterocycles. The minimum atomic E-state index is 0.303. The molecule has 1 spiro atoms. The van der Waals surface area contributed by atoms with Crippen molar-refractivity contribution in [2.45, 2.75) is 89.4 Å². The van der Waals surface area contributed by atoms with Crippen LogP contribution in [-0.4, -0.2) is 24.3 Å². The Balaban J connectivity index is 1.47. The lowest BCUT2D eigenvalue weighted by atomic mass is 9.87. The first-order valence-electron chi connectivity index (χ1n) is 8.01. The van der Waals surface area contributed by atoms with E-state index in [0.717, 1.165) is 6.54 Å². The highest BCUT2D eigenvalue weighted by atomic mass is 16.5. The van der Waals surface area contributed by atoms with Crippen molar-refractivity contribution in [3.8, 4) is 0 Å². The number of ether oxygens (including phenoxy) is 1. The Morgan fingerprint density at radius 2 is 1.78 bits per heavy atom. The molecular formula is C16H29NO. The van der Waals surface area contributed by atoms with Crippen LogP contribution in [0.2, 0.25) is 0 Å². The standard InChI is InChI=1S/C16H29NO/c1-15(2)8-5-6-14(15)17-12-13-7-11-16(18-13)9-3-4-10-16/h13-14,17H,3-12H2,1-2H3. The minimum absolute atomic E-state index is 0.303. The quantitative estimate of drug-likeness (QED) is 0.826. The smallest absolute Gasteiger partial charge is 0.0708 e. The number of nitrogens with one attached hydrogen (secondary N) is 1. The van der Waals surface area contributed by atoms with E-state index in [2.05, 4.69) is 19.2 Å². The predicted molar refractivity (Wildman–Crippen MR) is 74.7 cm³/mol. The van der Waals surface area contributed by atoms with Gasteiger partial charge in [0.15, 0.2) is 0 Å². The van der Waals surface area contributed by atoms with Gasteiger partial charge < -0.3 is 10.1 Å². The van der Waals surface area contributed by atoms with Crippen LogP contribution in [0.4, 0.5) is 0 Å². The number of rotatable bonds is 3. The van der Waals surface area contributed by atoms with Gasteiger partial charge in [-0.2, -0.15) is 0 Å². The van der Waals surface area contributed by atoms with E-state index < -0.39 is 0 Å². The SMILES string of the molecule is CC1(C)CCCC1NCC1CCC2(CCCC2)O1. The van der Waals surface area contributed by atoms with Crippen molar-refractivity contribution in [3.05, 3.63) is 0 Å². The lowest BCUT2D eigenvalue weighted by Crippen LogP contribution is -2.42. The van der Waals surface area contributed by atoms with Crippen molar-refractivity contribution < 1.29 is 4.74 Å². The van der Waals surface area contributed by atoms with Gasteiger partial charge in [-0.05, 0) is 43.9 Å². The molecule has 0 bridgehead atoms. The molecule has 0 aromatic rings. The number of hydrogen-bond donors (Lipinski definition) is 1. The zero-order valence-corrected chi connectivity index (χ0v) is 12.1. The molecule has 1 saturated heterocycles. The van der Waals surface area contributed by atoms with Crippen molar-refractivity contribution >= 4 is 0 Å². The Morgan fingerprint density at radius 1 is 1.00 bits per heavy atom. The molecule has 2 aliphatic carbocycles. The van der Waals surface area contributed by atoms with Gasteiger partial charge in [0.25, 0.3) is 0 Å². The molecule has 3 aliphatic rings. The Morgan fingerprint density at radius 3 is 2.44 bits per heavy atom. The molecule has 3 fully saturated rings. The third-order valence-corrected chi connectivity index (χ3v) is 5.70. The first-order valence-corrected chi connectivity index (χ1v) is 8.01. The van der Waals surface area contributed by atoms with Gasteiger partial charge in [0.2, 0.25) is 0 Å². The highest BCUT2D eigenvalue weighted by molar-refractivity contribution is 4.95. The summed E-state index contributed by atoms with van der Waals surface area (Å²) in [5, 5.41) is 3.80. The minimum Gasteiger partial charge on any atom is -0.370 e. The fourth-order valence-corrected chi connectivity index (χ4v) is 4.41. The normalized spacial score (nSPS) is 37.7. The van der Waals surface area contributed by atoms with Crippen molar-refractivity contribution in [2.24, 2.45) is 5.41 Å². The van der Waals surface area contributed by atoms with E-state index in [9.17, 15) is 0 Å². The van der Waals surface area contributed by atoms with Crippen molar-refractivity contribution in [2.75, 3.05) is 6.54 Å². The average molecular weight is 251 g/mol. The summed E-state index contributed by atoms with van der Waals surface area (Å²) in [6, 6.07) is 0.709. The molecule has 2 saturated carbocycles. The van der Waals surface area contributed by atoms with E-state index in [4.69, 9.17) is 4.74 Å². The van der Waals surface area contributed by atoms with E-state index >= 15 is 0 Å². The Hall–Kier alpha value is -0.0800. The third-order valence-electron chi connectivity index (χ3n) is 5.70. The van der Waals surface area contributed by atoms with Gasteiger partial charge >= 0.3 is 0 Å². The lowest BCUT2D eigenvalue weighted by Gasteiger charge is -2.30. The van der Waals surface area contributed by atoms with Crippen LogP contribution in [0.3, 0.4) is 0 Å². The molecule has 0 radical (unpaired) electrons. The lowest BCUT2D eigenvalue weighted by molar-refractivity contribution is -0.0366. The topological polar surface area (TPSA) is 21.3 Å². The molecule has 0 amide bonds. The van der Waals surface area contributed by atoms with Crippen LogP contribution in [0, 0.1) is 5.41 Å². The molecule has 3 rings (SSSR count). The van der Waals surface area contributed by atoms with Crippen LogP contribution in [0.5, 0.6) is 0 Å².